The minimum absolute atomic E-state index is 0.288. The molecule has 2 heterocycles. The standard InChI is InChI=1S/C17H16ClN3O3S/c1-4-24-16(23)14-9(2)19-17(25-14)20-15(22)13-7-10-5-6-11(18)8-12(10)21(13)3/h5-8H,4H2,1-3H3,(H,19,20,22). The molecule has 0 atom stereocenters. The summed E-state index contributed by atoms with van der Waals surface area (Å²) in [7, 11) is 1.80. The Morgan fingerprint density at radius 2 is 2.12 bits per heavy atom. The molecule has 1 aromatic carbocycles. The van der Waals surface area contributed by atoms with E-state index in [4.69, 9.17) is 16.3 Å². The number of aryl methyl sites for hydroxylation is 2. The molecule has 0 spiro atoms. The molecule has 3 aromatic rings. The second-order valence-corrected chi connectivity index (χ2v) is 6.84. The number of thiazole rings is 1. The Hall–Kier alpha value is -2.38. The number of benzene rings is 1. The van der Waals surface area contributed by atoms with Crippen LogP contribution in [0.25, 0.3) is 10.9 Å². The molecule has 0 bridgehead atoms. The van der Waals surface area contributed by atoms with E-state index in [1.54, 1.807) is 43.7 Å². The Balaban J connectivity index is 1.87. The number of anilines is 1. The first-order valence-corrected chi connectivity index (χ1v) is 8.81. The van der Waals surface area contributed by atoms with E-state index in [0.717, 1.165) is 22.2 Å². The van der Waals surface area contributed by atoms with Crippen molar-refractivity contribution >= 4 is 50.8 Å². The molecule has 1 amide bonds. The number of hydrogen-bond acceptors (Lipinski definition) is 5. The third kappa shape index (κ3) is 3.38. The highest BCUT2D eigenvalue weighted by molar-refractivity contribution is 7.17. The Morgan fingerprint density at radius 3 is 2.84 bits per heavy atom. The number of ether oxygens (including phenoxy) is 1. The lowest BCUT2D eigenvalue weighted by Crippen LogP contribution is -2.15. The minimum Gasteiger partial charge on any atom is -0.462 e. The Labute approximate surface area is 153 Å². The van der Waals surface area contributed by atoms with Crippen LogP contribution in [0.15, 0.2) is 24.3 Å². The second kappa shape index (κ2) is 6.85. The van der Waals surface area contributed by atoms with E-state index in [-0.39, 0.29) is 12.5 Å². The van der Waals surface area contributed by atoms with Crippen LogP contribution in [0.4, 0.5) is 5.13 Å². The van der Waals surface area contributed by atoms with Crippen molar-refractivity contribution < 1.29 is 14.3 Å². The van der Waals surface area contributed by atoms with Gasteiger partial charge < -0.3 is 9.30 Å². The first-order valence-electron chi connectivity index (χ1n) is 7.61. The monoisotopic (exact) mass is 377 g/mol. The molecular formula is C17H16ClN3O3S. The van der Waals surface area contributed by atoms with Crippen LogP contribution in [0.2, 0.25) is 5.02 Å². The highest BCUT2D eigenvalue weighted by Crippen LogP contribution is 2.26. The van der Waals surface area contributed by atoms with Crippen molar-refractivity contribution in [2.45, 2.75) is 13.8 Å². The zero-order valence-corrected chi connectivity index (χ0v) is 15.5. The molecule has 0 aliphatic carbocycles. The van der Waals surface area contributed by atoms with Crippen LogP contribution in [0.1, 0.15) is 32.8 Å². The molecule has 2 aromatic heterocycles. The van der Waals surface area contributed by atoms with Crippen LogP contribution in [0, 0.1) is 6.92 Å². The van der Waals surface area contributed by atoms with Gasteiger partial charge in [0.2, 0.25) is 0 Å². The third-order valence-corrected chi connectivity index (χ3v) is 5.01. The Morgan fingerprint density at radius 1 is 1.36 bits per heavy atom. The van der Waals surface area contributed by atoms with E-state index < -0.39 is 5.97 Å². The lowest BCUT2D eigenvalue weighted by atomic mass is 10.2. The number of halogens is 1. The summed E-state index contributed by atoms with van der Waals surface area (Å²) in [5, 5.41) is 4.62. The summed E-state index contributed by atoms with van der Waals surface area (Å²) >= 11 is 7.12. The van der Waals surface area contributed by atoms with Gasteiger partial charge in [0.05, 0.1) is 12.3 Å². The van der Waals surface area contributed by atoms with Gasteiger partial charge in [0.15, 0.2) is 5.13 Å². The van der Waals surface area contributed by atoms with Gasteiger partial charge in [-0.15, -0.1) is 0 Å². The van der Waals surface area contributed by atoms with Gasteiger partial charge in [0.25, 0.3) is 5.91 Å². The number of nitrogens with zero attached hydrogens (tertiary/aromatic N) is 2. The fourth-order valence-electron chi connectivity index (χ4n) is 2.52. The zero-order chi connectivity index (χ0) is 18.1. The molecule has 130 valence electrons. The van der Waals surface area contributed by atoms with Gasteiger partial charge >= 0.3 is 5.97 Å². The highest BCUT2D eigenvalue weighted by Gasteiger charge is 2.19. The average Bonchev–Trinajstić information content (AvgIpc) is 3.08. The number of rotatable bonds is 4. The quantitative estimate of drug-likeness (QED) is 0.697. The van der Waals surface area contributed by atoms with Gasteiger partial charge in [-0.25, -0.2) is 9.78 Å². The van der Waals surface area contributed by atoms with Gasteiger partial charge in [0.1, 0.15) is 10.6 Å². The smallest absolute Gasteiger partial charge is 0.350 e. The second-order valence-electron chi connectivity index (χ2n) is 5.40. The van der Waals surface area contributed by atoms with Gasteiger partial charge in [-0.05, 0) is 32.0 Å². The van der Waals surface area contributed by atoms with Crippen LogP contribution in [0.5, 0.6) is 0 Å². The number of fused-ring (bicyclic) bond motifs is 1. The molecule has 0 unspecified atom stereocenters. The van der Waals surface area contributed by atoms with E-state index in [1.807, 2.05) is 6.07 Å². The van der Waals surface area contributed by atoms with Crippen molar-refractivity contribution in [1.29, 1.82) is 0 Å². The summed E-state index contributed by atoms with van der Waals surface area (Å²) in [5.41, 5.74) is 1.87. The van der Waals surface area contributed by atoms with E-state index in [1.165, 1.54) is 0 Å². The average molecular weight is 378 g/mol. The first-order chi connectivity index (χ1) is 11.9. The van der Waals surface area contributed by atoms with Gasteiger partial charge in [0, 0.05) is 23.0 Å². The molecular weight excluding hydrogens is 362 g/mol. The number of aromatic nitrogens is 2. The summed E-state index contributed by atoms with van der Waals surface area (Å²) in [6.07, 6.45) is 0. The number of carbonyl (C=O) groups is 2. The molecule has 0 saturated heterocycles. The fourth-order valence-corrected chi connectivity index (χ4v) is 3.54. The molecule has 3 rings (SSSR count). The highest BCUT2D eigenvalue weighted by atomic mass is 35.5. The zero-order valence-electron chi connectivity index (χ0n) is 13.9. The largest absolute Gasteiger partial charge is 0.462 e. The predicted octanol–water partition coefficient (Wildman–Crippen LogP) is 4.03. The maximum absolute atomic E-state index is 12.6. The van der Waals surface area contributed by atoms with Crippen LogP contribution < -0.4 is 5.32 Å². The molecule has 6 nitrogen and oxygen atoms in total. The normalized spacial score (nSPS) is 10.9. The fraction of sp³-hybridized carbons (Fsp3) is 0.235. The third-order valence-electron chi connectivity index (χ3n) is 3.72. The maximum Gasteiger partial charge on any atom is 0.350 e. The molecule has 0 saturated carbocycles. The van der Waals surface area contributed by atoms with Crippen LogP contribution in [-0.4, -0.2) is 28.0 Å². The molecule has 8 heteroatoms. The van der Waals surface area contributed by atoms with Crippen LogP contribution in [-0.2, 0) is 11.8 Å². The SMILES string of the molecule is CCOC(=O)c1sc(NC(=O)c2cc3ccc(Cl)cc3n2C)nc1C. The molecule has 0 fully saturated rings. The lowest BCUT2D eigenvalue weighted by Gasteiger charge is -2.04. The summed E-state index contributed by atoms with van der Waals surface area (Å²) in [5.74, 6) is -0.740. The topological polar surface area (TPSA) is 73.2 Å². The van der Waals surface area contributed by atoms with Crippen molar-refractivity contribution in [3.05, 3.63) is 45.6 Å². The molecule has 25 heavy (non-hydrogen) atoms. The Kier molecular flexibility index (Phi) is 4.78. The molecule has 1 N–H and O–H groups in total. The molecule has 0 radical (unpaired) electrons. The number of hydrogen-bond donors (Lipinski definition) is 1. The summed E-state index contributed by atoms with van der Waals surface area (Å²) in [6, 6.07) is 7.23. The van der Waals surface area contributed by atoms with Gasteiger partial charge in [-0.3, -0.25) is 10.1 Å². The minimum atomic E-state index is -0.433. The first kappa shape index (κ1) is 17.4. The summed E-state index contributed by atoms with van der Waals surface area (Å²) < 4.78 is 6.75. The lowest BCUT2D eigenvalue weighted by molar-refractivity contribution is 0.0531. The van der Waals surface area contributed by atoms with Gasteiger partial charge in [-0.1, -0.05) is 29.0 Å². The predicted molar refractivity (Wildman–Crippen MR) is 98.7 cm³/mol. The van der Waals surface area contributed by atoms with Crippen molar-refractivity contribution in [3.8, 4) is 0 Å². The van der Waals surface area contributed by atoms with Crippen molar-refractivity contribution in [2.75, 3.05) is 11.9 Å². The molecule has 0 aliphatic heterocycles. The molecule has 0 aliphatic rings. The van der Waals surface area contributed by atoms with E-state index in [9.17, 15) is 9.59 Å². The number of nitrogens with one attached hydrogen (secondary N) is 1. The van der Waals surface area contributed by atoms with Crippen LogP contribution >= 0.6 is 22.9 Å². The summed E-state index contributed by atoms with van der Waals surface area (Å²) in [4.78, 5) is 29.1. The maximum atomic E-state index is 12.6. The van der Waals surface area contributed by atoms with E-state index in [2.05, 4.69) is 10.3 Å². The number of amides is 1. The van der Waals surface area contributed by atoms with Crippen LogP contribution in [0.3, 0.4) is 0 Å². The number of esters is 1. The Bertz CT molecular complexity index is 977. The number of carbonyl (C=O) groups excluding carboxylic acids is 2. The van der Waals surface area contributed by atoms with Crippen molar-refractivity contribution in [2.24, 2.45) is 7.05 Å². The van der Waals surface area contributed by atoms with E-state index in [0.29, 0.717) is 26.4 Å². The van der Waals surface area contributed by atoms with Crippen molar-refractivity contribution in [1.82, 2.24) is 9.55 Å². The van der Waals surface area contributed by atoms with E-state index >= 15 is 0 Å². The van der Waals surface area contributed by atoms with Gasteiger partial charge in [-0.2, -0.15) is 0 Å². The summed E-state index contributed by atoms with van der Waals surface area (Å²) in [6.45, 7) is 3.73. The van der Waals surface area contributed by atoms with Crippen molar-refractivity contribution in [3.63, 3.8) is 0 Å².